The molecule has 0 radical (unpaired) electrons. The van der Waals surface area contributed by atoms with Gasteiger partial charge in [0.05, 0.1) is 0 Å². The minimum absolute atomic E-state index is 0.157. The van der Waals surface area contributed by atoms with Crippen molar-refractivity contribution in [1.82, 2.24) is 0 Å². The zero-order chi connectivity index (χ0) is 19.5. The highest BCUT2D eigenvalue weighted by atomic mass is 32.1. The Hall–Kier alpha value is -2.72. The largest absolute Gasteiger partial charge is 0.453 e. The van der Waals surface area contributed by atoms with Crippen LogP contribution in [0.2, 0.25) is 0 Å². The highest BCUT2D eigenvalue weighted by Gasteiger charge is 2.19. The fourth-order valence-electron chi connectivity index (χ4n) is 3.61. The maximum Gasteiger partial charge on any atom is 0.349 e. The molecule has 0 amide bonds. The number of rotatable bonds is 5. The van der Waals surface area contributed by atoms with Crippen LogP contribution >= 0.6 is 11.3 Å². The summed E-state index contributed by atoms with van der Waals surface area (Å²) in [5.74, 6) is -0.605. The number of fused-ring (bicyclic) bond motifs is 1. The average Bonchev–Trinajstić information content (AvgIpc) is 3.22. The van der Waals surface area contributed by atoms with Crippen LogP contribution in [0.4, 0.5) is 0 Å². The quantitative estimate of drug-likeness (QED) is 0.418. The standard InChI is InChI=1S/C24H22O3S/c1-16-6-8-18(9-7-16)21-12-13-28-23(21)24(26)27-15-22(25)20-11-10-17-4-2-3-5-19(17)14-20/h6-14H,2-5,15H2,1H3. The van der Waals surface area contributed by atoms with Gasteiger partial charge in [0.15, 0.2) is 12.4 Å². The lowest BCUT2D eigenvalue weighted by atomic mass is 9.90. The summed E-state index contributed by atoms with van der Waals surface area (Å²) in [6.45, 7) is 1.79. The second kappa shape index (κ2) is 8.11. The van der Waals surface area contributed by atoms with Crippen LogP contribution in [0.1, 0.15) is 49.6 Å². The van der Waals surface area contributed by atoms with Crippen molar-refractivity contribution in [3.05, 3.63) is 81.0 Å². The van der Waals surface area contributed by atoms with E-state index in [1.54, 1.807) is 0 Å². The first-order chi connectivity index (χ1) is 13.6. The van der Waals surface area contributed by atoms with Crippen molar-refractivity contribution in [1.29, 1.82) is 0 Å². The maximum absolute atomic E-state index is 12.6. The van der Waals surface area contributed by atoms with Gasteiger partial charge in [0.1, 0.15) is 4.88 Å². The zero-order valence-corrected chi connectivity index (χ0v) is 16.7. The van der Waals surface area contributed by atoms with Crippen molar-refractivity contribution in [2.24, 2.45) is 0 Å². The van der Waals surface area contributed by atoms with E-state index in [4.69, 9.17) is 4.74 Å². The molecule has 0 aliphatic heterocycles. The summed E-state index contributed by atoms with van der Waals surface area (Å²) in [5, 5.41) is 1.87. The van der Waals surface area contributed by atoms with E-state index in [0.717, 1.165) is 24.0 Å². The van der Waals surface area contributed by atoms with Crippen LogP contribution in [-0.4, -0.2) is 18.4 Å². The number of Topliss-reactive ketones (excluding diaryl/α,β-unsaturated/α-hetero) is 1. The Balaban J connectivity index is 1.44. The molecule has 0 N–H and O–H groups in total. The van der Waals surface area contributed by atoms with E-state index in [-0.39, 0.29) is 12.4 Å². The molecule has 4 heteroatoms. The number of ketones is 1. The lowest BCUT2D eigenvalue weighted by Crippen LogP contribution is -2.15. The van der Waals surface area contributed by atoms with Crippen LogP contribution in [0.3, 0.4) is 0 Å². The molecule has 0 spiro atoms. The molecule has 0 saturated carbocycles. The molecule has 142 valence electrons. The molecule has 4 rings (SSSR count). The SMILES string of the molecule is Cc1ccc(-c2ccsc2C(=O)OCC(=O)c2ccc3c(c2)CCCC3)cc1. The number of carbonyl (C=O) groups is 2. The molecule has 1 aliphatic carbocycles. The van der Waals surface area contributed by atoms with Gasteiger partial charge in [-0.05, 0) is 66.8 Å². The molecule has 2 aromatic carbocycles. The minimum Gasteiger partial charge on any atom is -0.453 e. The van der Waals surface area contributed by atoms with Crippen molar-refractivity contribution in [3.8, 4) is 11.1 Å². The summed E-state index contributed by atoms with van der Waals surface area (Å²) in [4.78, 5) is 25.6. The van der Waals surface area contributed by atoms with Gasteiger partial charge in [0.25, 0.3) is 0 Å². The first-order valence-electron chi connectivity index (χ1n) is 9.58. The van der Waals surface area contributed by atoms with Gasteiger partial charge in [-0.3, -0.25) is 4.79 Å². The lowest BCUT2D eigenvalue weighted by molar-refractivity contribution is 0.0480. The Morgan fingerprint density at radius 2 is 1.71 bits per heavy atom. The summed E-state index contributed by atoms with van der Waals surface area (Å²) >= 11 is 1.34. The third-order valence-corrected chi connectivity index (χ3v) is 6.11. The van der Waals surface area contributed by atoms with Crippen LogP contribution in [-0.2, 0) is 17.6 Å². The molecule has 3 nitrogen and oxygen atoms in total. The monoisotopic (exact) mass is 390 g/mol. The van der Waals surface area contributed by atoms with Gasteiger partial charge < -0.3 is 4.74 Å². The van der Waals surface area contributed by atoms with E-state index in [0.29, 0.717) is 10.4 Å². The van der Waals surface area contributed by atoms with Gasteiger partial charge in [-0.1, -0.05) is 42.0 Å². The molecule has 0 unspecified atom stereocenters. The van der Waals surface area contributed by atoms with E-state index < -0.39 is 5.97 Å². The average molecular weight is 391 g/mol. The summed E-state index contributed by atoms with van der Waals surface area (Å²) in [6, 6.07) is 15.8. The maximum atomic E-state index is 12.6. The lowest BCUT2D eigenvalue weighted by Gasteiger charge is -2.16. The van der Waals surface area contributed by atoms with Crippen molar-refractivity contribution >= 4 is 23.1 Å². The first-order valence-corrected chi connectivity index (χ1v) is 10.5. The number of hydrogen-bond acceptors (Lipinski definition) is 4. The van der Waals surface area contributed by atoms with Gasteiger partial charge in [-0.25, -0.2) is 4.79 Å². The number of ether oxygens (including phenoxy) is 1. The summed E-state index contributed by atoms with van der Waals surface area (Å²) in [5.41, 5.74) is 6.19. The molecule has 28 heavy (non-hydrogen) atoms. The van der Waals surface area contributed by atoms with E-state index >= 15 is 0 Å². The number of thiophene rings is 1. The van der Waals surface area contributed by atoms with Crippen LogP contribution in [0.15, 0.2) is 53.9 Å². The van der Waals surface area contributed by atoms with E-state index in [2.05, 4.69) is 0 Å². The van der Waals surface area contributed by atoms with Crippen LogP contribution < -0.4 is 0 Å². The predicted octanol–water partition coefficient (Wildman–Crippen LogP) is 5.64. The molecular weight excluding hydrogens is 368 g/mol. The number of hydrogen-bond donors (Lipinski definition) is 0. The van der Waals surface area contributed by atoms with E-state index in [9.17, 15) is 9.59 Å². The molecule has 0 atom stereocenters. The fourth-order valence-corrected chi connectivity index (χ4v) is 4.42. The fraction of sp³-hybridized carbons (Fsp3) is 0.250. The molecule has 0 fully saturated rings. The molecule has 0 bridgehead atoms. The van der Waals surface area contributed by atoms with Gasteiger partial charge in [0, 0.05) is 11.1 Å². The van der Waals surface area contributed by atoms with Crippen molar-refractivity contribution in [2.45, 2.75) is 32.6 Å². The number of carbonyl (C=O) groups excluding carboxylic acids is 2. The molecule has 0 saturated heterocycles. The number of aryl methyl sites for hydroxylation is 3. The van der Waals surface area contributed by atoms with Crippen LogP contribution in [0, 0.1) is 6.92 Å². The normalized spacial score (nSPS) is 13.0. The number of esters is 1. The summed E-state index contributed by atoms with van der Waals surface area (Å²) in [6.07, 6.45) is 4.48. The van der Waals surface area contributed by atoms with Crippen molar-refractivity contribution in [2.75, 3.05) is 6.61 Å². The topological polar surface area (TPSA) is 43.4 Å². The second-order valence-electron chi connectivity index (χ2n) is 7.22. The molecule has 1 aliphatic rings. The van der Waals surface area contributed by atoms with E-state index in [1.807, 2.05) is 60.8 Å². The van der Waals surface area contributed by atoms with Crippen LogP contribution in [0.25, 0.3) is 11.1 Å². The first kappa shape index (κ1) is 18.6. The Kier molecular flexibility index (Phi) is 5.40. The Morgan fingerprint density at radius 3 is 2.50 bits per heavy atom. The Bertz CT molecular complexity index is 1010. The highest BCUT2D eigenvalue weighted by molar-refractivity contribution is 7.12. The smallest absolute Gasteiger partial charge is 0.349 e. The number of benzene rings is 2. The van der Waals surface area contributed by atoms with Crippen molar-refractivity contribution in [3.63, 3.8) is 0 Å². The minimum atomic E-state index is -0.447. The van der Waals surface area contributed by atoms with Gasteiger partial charge >= 0.3 is 5.97 Å². The van der Waals surface area contributed by atoms with Crippen molar-refractivity contribution < 1.29 is 14.3 Å². The summed E-state index contributed by atoms with van der Waals surface area (Å²) in [7, 11) is 0. The van der Waals surface area contributed by atoms with Gasteiger partial charge in [-0.2, -0.15) is 0 Å². The van der Waals surface area contributed by atoms with Crippen LogP contribution in [0.5, 0.6) is 0 Å². The molecular formula is C24H22O3S. The molecule has 3 aromatic rings. The second-order valence-corrected chi connectivity index (χ2v) is 8.14. The Labute approximate surface area is 169 Å². The van der Waals surface area contributed by atoms with Gasteiger partial charge in [0.2, 0.25) is 0 Å². The third kappa shape index (κ3) is 3.92. The van der Waals surface area contributed by atoms with E-state index in [1.165, 1.54) is 40.9 Å². The Morgan fingerprint density at radius 1 is 0.964 bits per heavy atom. The summed E-state index contributed by atoms with van der Waals surface area (Å²) < 4.78 is 5.35. The highest BCUT2D eigenvalue weighted by Crippen LogP contribution is 2.29. The molecule has 1 aromatic heterocycles. The third-order valence-electron chi connectivity index (χ3n) is 5.22. The van der Waals surface area contributed by atoms with Gasteiger partial charge in [-0.15, -0.1) is 11.3 Å². The molecule has 1 heterocycles. The predicted molar refractivity (Wildman–Crippen MR) is 112 cm³/mol. The zero-order valence-electron chi connectivity index (χ0n) is 15.9.